The Kier molecular flexibility index (Phi) is 3.50. The van der Waals surface area contributed by atoms with Gasteiger partial charge in [0.05, 0.1) is 4.90 Å². The van der Waals surface area contributed by atoms with E-state index in [1.54, 1.807) is 6.07 Å². The third kappa shape index (κ3) is 2.44. The molecule has 0 bridgehead atoms. The van der Waals surface area contributed by atoms with Gasteiger partial charge < -0.3 is 0 Å². The van der Waals surface area contributed by atoms with Crippen molar-refractivity contribution < 1.29 is 8.42 Å². The van der Waals surface area contributed by atoms with Gasteiger partial charge in [0.1, 0.15) is 0 Å². The Hall–Kier alpha value is -1.65. The van der Waals surface area contributed by atoms with Gasteiger partial charge in [0, 0.05) is 17.3 Å². The van der Waals surface area contributed by atoms with Crippen molar-refractivity contribution in [3.8, 4) is 11.1 Å². The fourth-order valence-electron chi connectivity index (χ4n) is 1.64. The zero-order chi connectivity index (χ0) is 13.2. The summed E-state index contributed by atoms with van der Waals surface area (Å²) < 4.78 is 26.9. The smallest absolute Gasteiger partial charge is 0.199 e. The molecule has 0 atom stereocenters. The largest absolute Gasteiger partial charge is 0.282 e. The van der Waals surface area contributed by atoms with Crippen molar-refractivity contribution in [3.05, 3.63) is 53.6 Å². The minimum atomic E-state index is -3.74. The van der Waals surface area contributed by atoms with Gasteiger partial charge >= 0.3 is 0 Å². The van der Waals surface area contributed by atoms with Crippen LogP contribution in [0.4, 0.5) is 0 Å². The van der Waals surface area contributed by atoms with E-state index < -0.39 is 10.0 Å². The van der Waals surface area contributed by atoms with E-state index in [1.165, 1.54) is 12.1 Å². The van der Waals surface area contributed by atoms with E-state index in [2.05, 4.69) is 11.1 Å². The van der Waals surface area contributed by atoms with Crippen molar-refractivity contribution in [1.29, 1.82) is 0 Å². The summed E-state index contributed by atoms with van der Waals surface area (Å²) >= 11 is 5.92. The summed E-state index contributed by atoms with van der Waals surface area (Å²) in [5, 5.41) is 0.469. The molecule has 0 aliphatic carbocycles. The van der Waals surface area contributed by atoms with Crippen LogP contribution in [0.1, 0.15) is 0 Å². The lowest BCUT2D eigenvalue weighted by molar-refractivity contribution is 0.598. The van der Waals surface area contributed by atoms with Crippen LogP contribution < -0.4 is 0 Å². The Morgan fingerprint density at radius 1 is 1.06 bits per heavy atom. The van der Waals surface area contributed by atoms with Crippen LogP contribution in [0.2, 0.25) is 5.02 Å². The van der Waals surface area contributed by atoms with Crippen molar-refractivity contribution in [2.45, 2.75) is 4.90 Å². The summed E-state index contributed by atoms with van der Waals surface area (Å²) in [5.41, 5.74) is 1.29. The van der Waals surface area contributed by atoms with E-state index in [9.17, 15) is 8.42 Å². The SMILES string of the molecule is C=NS(=O)(=O)c1ccc(Cl)cc1-c1ccccc1. The number of hydrogen-bond donors (Lipinski definition) is 0. The summed E-state index contributed by atoms with van der Waals surface area (Å²) in [7, 11) is -3.74. The van der Waals surface area contributed by atoms with Crippen LogP contribution in [-0.2, 0) is 10.0 Å². The molecule has 2 aromatic rings. The molecule has 0 radical (unpaired) electrons. The summed E-state index contributed by atoms with van der Waals surface area (Å²) in [6.45, 7) is 3.10. The monoisotopic (exact) mass is 279 g/mol. The van der Waals surface area contributed by atoms with Gasteiger partial charge in [-0.15, -0.1) is 0 Å². The molecular formula is C13H10ClNO2S. The molecule has 3 nitrogen and oxygen atoms in total. The molecular weight excluding hydrogens is 270 g/mol. The number of sulfonamides is 1. The molecule has 0 heterocycles. The lowest BCUT2D eigenvalue weighted by Gasteiger charge is -2.08. The van der Waals surface area contributed by atoms with Crippen LogP contribution in [0.25, 0.3) is 11.1 Å². The number of benzene rings is 2. The van der Waals surface area contributed by atoms with Gasteiger partial charge in [-0.2, -0.15) is 12.8 Å². The summed E-state index contributed by atoms with van der Waals surface area (Å²) in [5.74, 6) is 0. The first-order valence-corrected chi connectivity index (χ1v) is 6.94. The van der Waals surface area contributed by atoms with Crippen LogP contribution in [0.3, 0.4) is 0 Å². The van der Waals surface area contributed by atoms with E-state index in [1.807, 2.05) is 30.3 Å². The molecule has 0 aromatic heterocycles. The molecule has 0 aliphatic rings. The Labute approximate surface area is 111 Å². The first kappa shape index (κ1) is 12.8. The molecule has 0 saturated carbocycles. The minimum Gasteiger partial charge on any atom is -0.199 e. The van der Waals surface area contributed by atoms with Crippen molar-refractivity contribution in [3.63, 3.8) is 0 Å². The van der Waals surface area contributed by atoms with Crippen LogP contribution >= 0.6 is 11.6 Å². The molecule has 0 amide bonds. The Morgan fingerprint density at radius 3 is 2.33 bits per heavy atom. The van der Waals surface area contributed by atoms with Crippen LogP contribution in [-0.4, -0.2) is 15.1 Å². The maximum Gasteiger partial charge on any atom is 0.282 e. The second kappa shape index (κ2) is 4.92. The molecule has 0 N–H and O–H groups in total. The third-order valence-corrected chi connectivity index (χ3v) is 3.96. The van der Waals surface area contributed by atoms with Crippen molar-refractivity contribution in [1.82, 2.24) is 0 Å². The van der Waals surface area contributed by atoms with Crippen LogP contribution in [0, 0.1) is 0 Å². The number of rotatable bonds is 3. The Bertz CT molecular complexity index is 681. The van der Waals surface area contributed by atoms with Gasteiger partial charge in [-0.05, 0) is 23.8 Å². The van der Waals surface area contributed by atoms with Crippen molar-refractivity contribution >= 4 is 28.3 Å². The van der Waals surface area contributed by atoms with E-state index in [4.69, 9.17) is 11.6 Å². The van der Waals surface area contributed by atoms with E-state index in [0.717, 1.165) is 5.56 Å². The maximum absolute atomic E-state index is 11.8. The minimum absolute atomic E-state index is 0.105. The zero-order valence-electron chi connectivity index (χ0n) is 9.38. The van der Waals surface area contributed by atoms with E-state index >= 15 is 0 Å². The lowest BCUT2D eigenvalue weighted by Crippen LogP contribution is -1.98. The van der Waals surface area contributed by atoms with E-state index in [0.29, 0.717) is 10.6 Å². The standard InChI is InChI=1S/C13H10ClNO2S/c1-15-18(16,17)13-8-7-11(14)9-12(13)10-5-3-2-4-6-10/h2-9H,1H2. The molecule has 0 unspecified atom stereocenters. The van der Waals surface area contributed by atoms with Gasteiger partial charge in [-0.25, -0.2) is 0 Å². The molecule has 2 rings (SSSR count). The fourth-order valence-corrected chi connectivity index (χ4v) is 2.65. The molecule has 18 heavy (non-hydrogen) atoms. The average molecular weight is 280 g/mol. The highest BCUT2D eigenvalue weighted by atomic mass is 35.5. The third-order valence-electron chi connectivity index (χ3n) is 2.47. The highest BCUT2D eigenvalue weighted by Gasteiger charge is 2.17. The van der Waals surface area contributed by atoms with Gasteiger partial charge in [-0.1, -0.05) is 41.9 Å². The van der Waals surface area contributed by atoms with Gasteiger partial charge in [0.2, 0.25) is 0 Å². The normalized spacial score (nSPS) is 11.2. The highest BCUT2D eigenvalue weighted by Crippen LogP contribution is 2.30. The molecule has 0 aliphatic heterocycles. The number of halogens is 1. The second-order valence-corrected chi connectivity index (χ2v) is 5.70. The topological polar surface area (TPSA) is 46.5 Å². The summed E-state index contributed by atoms with van der Waals surface area (Å²) in [4.78, 5) is 0.105. The molecule has 5 heteroatoms. The number of nitrogens with zero attached hydrogens (tertiary/aromatic N) is 1. The molecule has 0 fully saturated rings. The quantitative estimate of drug-likeness (QED) is 0.809. The summed E-state index contributed by atoms with van der Waals surface area (Å²) in [6.07, 6.45) is 0. The number of hydrogen-bond acceptors (Lipinski definition) is 2. The zero-order valence-corrected chi connectivity index (χ0v) is 10.9. The van der Waals surface area contributed by atoms with Crippen LogP contribution in [0.15, 0.2) is 57.8 Å². The molecule has 0 spiro atoms. The van der Waals surface area contributed by atoms with Gasteiger partial charge in [-0.3, -0.25) is 0 Å². The average Bonchev–Trinajstić information content (AvgIpc) is 2.39. The highest BCUT2D eigenvalue weighted by molar-refractivity contribution is 7.90. The molecule has 2 aromatic carbocycles. The molecule has 0 saturated heterocycles. The van der Waals surface area contributed by atoms with Gasteiger partial charge in [0.25, 0.3) is 10.0 Å². The van der Waals surface area contributed by atoms with Crippen LogP contribution in [0.5, 0.6) is 0 Å². The van der Waals surface area contributed by atoms with Crippen molar-refractivity contribution in [2.24, 2.45) is 4.40 Å². The lowest BCUT2D eigenvalue weighted by atomic mass is 10.1. The first-order valence-electron chi connectivity index (χ1n) is 5.12. The fraction of sp³-hybridized carbons (Fsp3) is 0. The summed E-state index contributed by atoms with van der Waals surface area (Å²) in [6, 6.07) is 13.7. The first-order chi connectivity index (χ1) is 8.54. The maximum atomic E-state index is 11.8. The van der Waals surface area contributed by atoms with Gasteiger partial charge in [0.15, 0.2) is 0 Å². The van der Waals surface area contributed by atoms with E-state index in [-0.39, 0.29) is 4.90 Å². The second-order valence-electron chi connectivity index (χ2n) is 3.61. The predicted octanol–water partition coefficient (Wildman–Crippen LogP) is 3.40. The molecule has 92 valence electrons. The Morgan fingerprint density at radius 2 is 1.72 bits per heavy atom. The van der Waals surface area contributed by atoms with Crippen molar-refractivity contribution in [2.75, 3.05) is 0 Å². The Balaban J connectivity index is 2.74. The predicted molar refractivity (Wildman–Crippen MR) is 73.6 cm³/mol.